The van der Waals surface area contributed by atoms with Crippen LogP contribution in [0.2, 0.25) is 5.02 Å². The van der Waals surface area contributed by atoms with Crippen molar-refractivity contribution in [1.29, 1.82) is 0 Å². The van der Waals surface area contributed by atoms with Crippen LogP contribution in [0, 0.1) is 0 Å². The Labute approximate surface area is 157 Å². The van der Waals surface area contributed by atoms with Gasteiger partial charge in [0.25, 0.3) is 0 Å². The maximum Gasteiger partial charge on any atom is 0.417 e. The molecule has 0 saturated heterocycles. The molecule has 0 saturated carbocycles. The molecule has 2 heterocycles. The fourth-order valence-corrected chi connectivity index (χ4v) is 2.82. The number of ether oxygens (including phenoxy) is 1. The van der Waals surface area contributed by atoms with Crippen LogP contribution < -0.4 is 10.1 Å². The minimum atomic E-state index is -4.53. The van der Waals surface area contributed by atoms with Gasteiger partial charge in [0.05, 0.1) is 35.0 Å². The molecular weight excluding hydrogens is 383 g/mol. The van der Waals surface area contributed by atoms with Gasteiger partial charge >= 0.3 is 6.18 Å². The normalized spacial score (nSPS) is 11.6. The Bertz CT molecular complexity index is 986. The highest BCUT2D eigenvalue weighted by molar-refractivity contribution is 6.33. The molecule has 1 N–H and O–H groups in total. The molecule has 3 aromatic rings. The minimum absolute atomic E-state index is 0.125. The summed E-state index contributed by atoms with van der Waals surface area (Å²) in [6, 6.07) is 7.76. The Morgan fingerprint density at radius 2 is 2.04 bits per heavy atom. The Balaban J connectivity index is 1.81. The lowest BCUT2D eigenvalue weighted by atomic mass is 10.2. The van der Waals surface area contributed by atoms with E-state index in [0.717, 1.165) is 12.3 Å². The summed E-state index contributed by atoms with van der Waals surface area (Å²) in [6.45, 7) is 2.27. The zero-order valence-corrected chi connectivity index (χ0v) is 14.9. The van der Waals surface area contributed by atoms with E-state index in [9.17, 15) is 18.0 Å². The fraction of sp³-hybridized carbons (Fsp3) is 0.222. The van der Waals surface area contributed by atoms with Crippen LogP contribution in [0.25, 0.3) is 5.65 Å². The highest BCUT2D eigenvalue weighted by atomic mass is 35.5. The topological polar surface area (TPSA) is 55.6 Å². The second-order valence-corrected chi connectivity index (χ2v) is 6.10. The summed E-state index contributed by atoms with van der Waals surface area (Å²) in [5.74, 6) is 0.152. The largest absolute Gasteiger partial charge is 0.492 e. The standard InChI is InChI=1S/C18H15ClF3N3O2/c1-2-27-15-6-4-3-5-14(15)24-16(26)8-12-10-25-9-11(18(20,21)22)7-13(19)17(25)23-12/h3-7,9-10H,2,8H2,1H3,(H,24,26). The monoisotopic (exact) mass is 397 g/mol. The molecule has 0 radical (unpaired) electrons. The Kier molecular flexibility index (Phi) is 5.27. The number of fused-ring (bicyclic) bond motifs is 1. The molecule has 0 atom stereocenters. The number of carbonyl (C=O) groups excluding carboxylic acids is 1. The van der Waals surface area contributed by atoms with Crippen LogP contribution in [0.3, 0.4) is 0 Å². The number of pyridine rings is 1. The number of hydrogen-bond acceptors (Lipinski definition) is 3. The highest BCUT2D eigenvalue weighted by Gasteiger charge is 2.32. The third-order valence-electron chi connectivity index (χ3n) is 3.69. The van der Waals surface area contributed by atoms with Gasteiger partial charge < -0.3 is 14.5 Å². The van der Waals surface area contributed by atoms with E-state index in [2.05, 4.69) is 10.3 Å². The molecule has 0 aliphatic carbocycles. The van der Waals surface area contributed by atoms with E-state index in [4.69, 9.17) is 16.3 Å². The van der Waals surface area contributed by atoms with Gasteiger partial charge in [-0.05, 0) is 25.1 Å². The molecule has 0 bridgehead atoms. The molecule has 5 nitrogen and oxygen atoms in total. The molecule has 142 valence electrons. The van der Waals surface area contributed by atoms with Crippen molar-refractivity contribution < 1.29 is 22.7 Å². The lowest BCUT2D eigenvalue weighted by molar-refractivity contribution is -0.137. The van der Waals surface area contributed by atoms with Crippen molar-refractivity contribution in [3.63, 3.8) is 0 Å². The van der Waals surface area contributed by atoms with Crippen LogP contribution in [-0.4, -0.2) is 21.9 Å². The third-order valence-corrected chi connectivity index (χ3v) is 3.96. The van der Waals surface area contributed by atoms with Gasteiger partial charge in [0.2, 0.25) is 5.91 Å². The summed E-state index contributed by atoms with van der Waals surface area (Å²) in [6.07, 6.45) is -2.41. The van der Waals surface area contributed by atoms with Crippen LogP contribution in [0.15, 0.2) is 42.7 Å². The maximum atomic E-state index is 12.9. The predicted octanol–water partition coefficient (Wildman–Crippen LogP) is 4.59. The molecule has 2 aromatic heterocycles. The Morgan fingerprint density at radius 3 is 2.74 bits per heavy atom. The van der Waals surface area contributed by atoms with Gasteiger partial charge in [-0.25, -0.2) is 4.98 Å². The number of nitrogens with zero attached hydrogens (tertiary/aromatic N) is 2. The van der Waals surface area contributed by atoms with Crippen molar-refractivity contribution in [3.05, 3.63) is 59.0 Å². The summed E-state index contributed by atoms with van der Waals surface area (Å²) in [7, 11) is 0. The molecule has 0 spiro atoms. The van der Waals surface area contributed by atoms with Gasteiger partial charge in [0, 0.05) is 12.4 Å². The number of rotatable bonds is 5. The van der Waals surface area contributed by atoms with Gasteiger partial charge in [0.15, 0.2) is 5.65 Å². The summed E-state index contributed by atoms with van der Waals surface area (Å²) in [4.78, 5) is 16.4. The van der Waals surface area contributed by atoms with Crippen molar-refractivity contribution >= 4 is 28.8 Å². The van der Waals surface area contributed by atoms with E-state index in [1.807, 2.05) is 6.92 Å². The first-order valence-electron chi connectivity index (χ1n) is 8.04. The van der Waals surface area contributed by atoms with Crippen LogP contribution in [0.1, 0.15) is 18.2 Å². The maximum absolute atomic E-state index is 12.9. The highest BCUT2D eigenvalue weighted by Crippen LogP contribution is 2.32. The second kappa shape index (κ2) is 7.48. The average Bonchev–Trinajstić information content (AvgIpc) is 2.99. The lowest BCUT2D eigenvalue weighted by Crippen LogP contribution is -2.15. The zero-order valence-electron chi connectivity index (χ0n) is 14.2. The number of alkyl halides is 3. The number of hydrogen-bond donors (Lipinski definition) is 1. The van der Waals surface area contributed by atoms with E-state index in [1.54, 1.807) is 24.3 Å². The van der Waals surface area contributed by atoms with Gasteiger partial charge in [-0.1, -0.05) is 23.7 Å². The number of aromatic nitrogens is 2. The number of halogens is 4. The molecule has 1 aromatic carbocycles. The quantitative estimate of drug-likeness (QED) is 0.685. The van der Waals surface area contributed by atoms with Gasteiger partial charge in [-0.15, -0.1) is 0 Å². The number of carbonyl (C=O) groups is 1. The smallest absolute Gasteiger partial charge is 0.417 e. The van der Waals surface area contributed by atoms with Crippen molar-refractivity contribution in [1.82, 2.24) is 9.38 Å². The lowest BCUT2D eigenvalue weighted by Gasteiger charge is -2.10. The first kappa shape index (κ1) is 19.0. The van der Waals surface area contributed by atoms with E-state index in [1.165, 1.54) is 10.6 Å². The van der Waals surface area contributed by atoms with E-state index < -0.39 is 11.7 Å². The molecule has 0 fully saturated rings. The number of benzene rings is 1. The van der Waals surface area contributed by atoms with Crippen molar-refractivity contribution in [2.75, 3.05) is 11.9 Å². The van der Waals surface area contributed by atoms with Crippen LogP contribution >= 0.6 is 11.6 Å². The number of nitrogens with one attached hydrogen (secondary N) is 1. The molecule has 0 aliphatic rings. The van der Waals surface area contributed by atoms with E-state index in [0.29, 0.717) is 23.7 Å². The van der Waals surface area contributed by atoms with Gasteiger partial charge in [-0.2, -0.15) is 13.2 Å². The van der Waals surface area contributed by atoms with Crippen molar-refractivity contribution in [3.8, 4) is 5.75 Å². The first-order chi connectivity index (χ1) is 12.8. The minimum Gasteiger partial charge on any atom is -0.492 e. The zero-order chi connectivity index (χ0) is 19.6. The molecule has 1 amide bonds. The van der Waals surface area contributed by atoms with Crippen molar-refractivity contribution in [2.45, 2.75) is 19.5 Å². The molecular formula is C18H15ClF3N3O2. The predicted molar refractivity (Wildman–Crippen MR) is 95.1 cm³/mol. The third kappa shape index (κ3) is 4.33. The molecule has 9 heteroatoms. The molecule has 27 heavy (non-hydrogen) atoms. The number of para-hydroxylation sites is 2. The Morgan fingerprint density at radius 1 is 1.30 bits per heavy atom. The SMILES string of the molecule is CCOc1ccccc1NC(=O)Cc1cn2cc(C(F)(F)F)cc(Cl)c2n1. The van der Waals surface area contributed by atoms with Crippen LogP contribution in [0.5, 0.6) is 5.75 Å². The average molecular weight is 398 g/mol. The van der Waals surface area contributed by atoms with E-state index in [-0.39, 0.29) is 23.0 Å². The Hall–Kier alpha value is -2.74. The summed E-state index contributed by atoms with van der Waals surface area (Å²) in [5, 5.41) is 2.57. The number of anilines is 1. The number of amides is 1. The summed E-state index contributed by atoms with van der Waals surface area (Å²) >= 11 is 5.90. The van der Waals surface area contributed by atoms with Crippen molar-refractivity contribution in [2.24, 2.45) is 0 Å². The van der Waals surface area contributed by atoms with Gasteiger partial charge in [0.1, 0.15) is 5.75 Å². The summed E-state index contributed by atoms with van der Waals surface area (Å²) < 4.78 is 45.3. The van der Waals surface area contributed by atoms with E-state index >= 15 is 0 Å². The van der Waals surface area contributed by atoms with Crippen LogP contribution in [-0.2, 0) is 17.4 Å². The van der Waals surface area contributed by atoms with Crippen LogP contribution in [0.4, 0.5) is 18.9 Å². The molecule has 3 rings (SSSR count). The fourth-order valence-electron chi connectivity index (χ4n) is 2.56. The van der Waals surface area contributed by atoms with Gasteiger partial charge in [-0.3, -0.25) is 4.79 Å². The first-order valence-corrected chi connectivity index (χ1v) is 8.41. The number of imidazole rings is 1. The second-order valence-electron chi connectivity index (χ2n) is 5.69. The molecule has 0 aliphatic heterocycles. The molecule has 0 unspecified atom stereocenters. The summed E-state index contributed by atoms with van der Waals surface area (Å²) in [5.41, 5.74) is 0.0642.